The highest BCUT2D eigenvalue weighted by Gasteiger charge is 2.04. The normalized spacial score (nSPS) is 11.2. The van der Waals surface area contributed by atoms with Crippen molar-refractivity contribution in [2.45, 2.75) is 0 Å². The lowest BCUT2D eigenvalue weighted by molar-refractivity contribution is 0.395. The van der Waals surface area contributed by atoms with Gasteiger partial charge in [0.05, 0.1) is 26.2 Å². The molecule has 1 rings (SSSR count). The zero-order valence-corrected chi connectivity index (χ0v) is 11.0. The predicted molar refractivity (Wildman–Crippen MR) is 74.1 cm³/mol. The Kier molecular flexibility index (Phi) is 5.42. The van der Waals surface area contributed by atoms with Crippen LogP contribution in [0.2, 0.25) is 0 Å². The monoisotopic (exact) mass is 271 g/mol. The second-order valence-corrected chi connectivity index (χ2v) is 3.45. The molecule has 7 nitrogen and oxygen atoms in total. The molecule has 7 heteroatoms. The molecule has 0 unspecified atom stereocenters. The standard InChI is InChI=1S/C13H13N5O2/c1-19-9-3-4-11(13(5-9)20-2)17-8-18-12(7-15)10(16)6-14/h3-5,8H,16H2,1-2H3,(H,17,18)/b12-10-. The van der Waals surface area contributed by atoms with Gasteiger partial charge in [0.25, 0.3) is 0 Å². The highest BCUT2D eigenvalue weighted by Crippen LogP contribution is 2.28. The van der Waals surface area contributed by atoms with Gasteiger partial charge in [-0.1, -0.05) is 0 Å². The Labute approximate surface area is 116 Å². The number of anilines is 1. The minimum Gasteiger partial charge on any atom is -0.497 e. The van der Waals surface area contributed by atoms with Crippen molar-refractivity contribution >= 4 is 12.0 Å². The highest BCUT2D eigenvalue weighted by atomic mass is 16.5. The van der Waals surface area contributed by atoms with Gasteiger partial charge in [-0.25, -0.2) is 4.99 Å². The van der Waals surface area contributed by atoms with E-state index in [0.717, 1.165) is 0 Å². The number of rotatable bonds is 5. The number of nitrogens with zero attached hydrogens (tertiary/aromatic N) is 3. The van der Waals surface area contributed by atoms with Gasteiger partial charge in [0, 0.05) is 6.07 Å². The molecule has 0 spiro atoms. The number of aliphatic imine (C=N–C) groups is 1. The van der Waals surface area contributed by atoms with Crippen molar-refractivity contribution < 1.29 is 9.47 Å². The molecule has 0 heterocycles. The lowest BCUT2D eigenvalue weighted by atomic mass is 10.3. The number of nitrogens with one attached hydrogen (secondary N) is 1. The summed E-state index contributed by atoms with van der Waals surface area (Å²) in [7, 11) is 3.07. The predicted octanol–water partition coefficient (Wildman–Crippen LogP) is 1.36. The quantitative estimate of drug-likeness (QED) is 0.474. The Balaban J connectivity index is 2.91. The summed E-state index contributed by atoms with van der Waals surface area (Å²) in [5.74, 6) is 1.20. The van der Waals surface area contributed by atoms with Crippen molar-refractivity contribution in [1.82, 2.24) is 0 Å². The van der Waals surface area contributed by atoms with Crippen molar-refractivity contribution in [1.29, 1.82) is 10.5 Å². The number of methoxy groups -OCH3 is 2. The molecule has 0 aliphatic carbocycles. The van der Waals surface area contributed by atoms with Crippen LogP contribution in [-0.2, 0) is 0 Å². The van der Waals surface area contributed by atoms with Crippen LogP contribution in [0, 0.1) is 22.7 Å². The molecular formula is C13H13N5O2. The summed E-state index contributed by atoms with van der Waals surface area (Å²) in [5.41, 5.74) is 5.54. The van der Waals surface area contributed by atoms with Gasteiger partial charge in [-0.15, -0.1) is 0 Å². The maximum atomic E-state index is 8.77. The molecule has 0 aliphatic heterocycles. The molecule has 0 aliphatic rings. The van der Waals surface area contributed by atoms with Crippen LogP contribution in [0.5, 0.6) is 11.5 Å². The molecule has 3 N–H and O–H groups in total. The Bertz CT molecular complexity index is 623. The lowest BCUT2D eigenvalue weighted by Crippen LogP contribution is -2.01. The summed E-state index contributed by atoms with van der Waals surface area (Å²) in [6.07, 6.45) is 1.26. The van der Waals surface area contributed by atoms with E-state index < -0.39 is 0 Å². The van der Waals surface area contributed by atoms with E-state index in [-0.39, 0.29) is 11.4 Å². The van der Waals surface area contributed by atoms with Crippen molar-refractivity contribution in [2.75, 3.05) is 19.5 Å². The van der Waals surface area contributed by atoms with Gasteiger partial charge in [0.2, 0.25) is 0 Å². The number of ether oxygens (including phenoxy) is 2. The molecule has 0 atom stereocenters. The van der Waals surface area contributed by atoms with Gasteiger partial charge in [-0.3, -0.25) is 0 Å². The smallest absolute Gasteiger partial charge is 0.175 e. The summed E-state index contributed by atoms with van der Waals surface area (Å²) in [4.78, 5) is 3.77. The van der Waals surface area contributed by atoms with Gasteiger partial charge >= 0.3 is 0 Å². The second-order valence-electron chi connectivity index (χ2n) is 3.45. The average molecular weight is 271 g/mol. The lowest BCUT2D eigenvalue weighted by Gasteiger charge is -2.09. The Hall–Kier alpha value is -3.19. The summed E-state index contributed by atoms with van der Waals surface area (Å²) < 4.78 is 10.3. The third-order valence-electron chi connectivity index (χ3n) is 2.30. The van der Waals surface area contributed by atoms with Gasteiger partial charge < -0.3 is 20.5 Å². The van der Waals surface area contributed by atoms with Gasteiger partial charge in [-0.05, 0) is 12.1 Å². The third-order valence-corrected chi connectivity index (χ3v) is 2.30. The number of nitrogens with two attached hydrogens (primary N) is 1. The van der Waals surface area contributed by atoms with Crippen molar-refractivity contribution in [3.8, 4) is 23.6 Å². The van der Waals surface area contributed by atoms with Crippen LogP contribution in [0.25, 0.3) is 0 Å². The van der Waals surface area contributed by atoms with Crippen LogP contribution in [0.15, 0.2) is 34.6 Å². The van der Waals surface area contributed by atoms with Crippen molar-refractivity contribution in [3.05, 3.63) is 29.6 Å². The fraction of sp³-hybridized carbons (Fsp3) is 0.154. The van der Waals surface area contributed by atoms with Crippen LogP contribution < -0.4 is 20.5 Å². The van der Waals surface area contributed by atoms with E-state index in [1.807, 2.05) is 0 Å². The first-order valence-electron chi connectivity index (χ1n) is 5.47. The molecule has 0 saturated carbocycles. The zero-order valence-electron chi connectivity index (χ0n) is 11.0. The molecule has 0 bridgehead atoms. The first kappa shape index (κ1) is 14.9. The highest BCUT2D eigenvalue weighted by molar-refractivity contribution is 5.80. The fourth-order valence-corrected chi connectivity index (χ4v) is 1.30. The zero-order chi connectivity index (χ0) is 15.0. The molecule has 1 aromatic carbocycles. The maximum Gasteiger partial charge on any atom is 0.175 e. The van der Waals surface area contributed by atoms with E-state index in [4.69, 9.17) is 25.7 Å². The Morgan fingerprint density at radius 2 is 2.05 bits per heavy atom. The van der Waals surface area contributed by atoms with E-state index in [0.29, 0.717) is 17.2 Å². The second kappa shape index (κ2) is 7.29. The van der Waals surface area contributed by atoms with Crippen LogP contribution >= 0.6 is 0 Å². The summed E-state index contributed by atoms with van der Waals surface area (Å²) in [5, 5.41) is 20.2. The number of allylic oxidation sites excluding steroid dienone is 2. The van der Waals surface area contributed by atoms with E-state index in [1.165, 1.54) is 13.4 Å². The maximum absolute atomic E-state index is 8.77. The third kappa shape index (κ3) is 3.65. The van der Waals surface area contributed by atoms with Crippen LogP contribution in [0.1, 0.15) is 0 Å². The molecule has 1 aromatic rings. The number of nitriles is 2. The topological polar surface area (TPSA) is 116 Å². The molecular weight excluding hydrogens is 258 g/mol. The van der Waals surface area contributed by atoms with E-state index >= 15 is 0 Å². The molecule has 0 saturated heterocycles. The first-order valence-corrected chi connectivity index (χ1v) is 5.47. The van der Waals surface area contributed by atoms with E-state index in [9.17, 15) is 0 Å². The number of hydrogen-bond donors (Lipinski definition) is 2. The molecule has 0 radical (unpaired) electrons. The number of hydrogen-bond acceptors (Lipinski definition) is 6. The van der Waals surface area contributed by atoms with Crippen molar-refractivity contribution in [3.63, 3.8) is 0 Å². The summed E-state index contributed by atoms with van der Waals surface area (Å²) >= 11 is 0. The molecule has 0 amide bonds. The molecule has 0 fully saturated rings. The Morgan fingerprint density at radius 3 is 2.60 bits per heavy atom. The fourth-order valence-electron chi connectivity index (χ4n) is 1.30. The summed E-state index contributed by atoms with van der Waals surface area (Å²) in [6, 6.07) is 8.55. The minimum atomic E-state index is -0.243. The first-order chi connectivity index (χ1) is 9.65. The number of benzene rings is 1. The van der Waals surface area contributed by atoms with E-state index in [2.05, 4.69) is 10.3 Å². The van der Waals surface area contributed by atoms with Gasteiger partial charge in [0.15, 0.2) is 5.70 Å². The van der Waals surface area contributed by atoms with Gasteiger partial charge in [0.1, 0.15) is 29.3 Å². The van der Waals surface area contributed by atoms with Crippen molar-refractivity contribution in [2.24, 2.45) is 10.7 Å². The molecule has 102 valence electrons. The molecule has 0 aromatic heterocycles. The average Bonchev–Trinajstić information content (AvgIpc) is 2.50. The van der Waals surface area contributed by atoms with Crippen LogP contribution in [0.4, 0.5) is 5.69 Å². The SMILES string of the molecule is COc1ccc(NC=N/C(C#N)=C(\N)C#N)c(OC)c1. The summed E-state index contributed by atoms with van der Waals surface area (Å²) in [6.45, 7) is 0. The Morgan fingerprint density at radius 1 is 1.30 bits per heavy atom. The minimum absolute atomic E-state index is 0.160. The largest absolute Gasteiger partial charge is 0.497 e. The molecule has 20 heavy (non-hydrogen) atoms. The van der Waals surface area contributed by atoms with Crippen LogP contribution in [-0.4, -0.2) is 20.6 Å². The van der Waals surface area contributed by atoms with Gasteiger partial charge in [-0.2, -0.15) is 10.5 Å². The van der Waals surface area contributed by atoms with E-state index in [1.54, 1.807) is 37.4 Å². The van der Waals surface area contributed by atoms with Crippen LogP contribution in [0.3, 0.4) is 0 Å².